The fraction of sp³-hybridized carbons (Fsp3) is 0.429. The summed E-state index contributed by atoms with van der Waals surface area (Å²) >= 11 is 0. The Morgan fingerprint density at radius 1 is 1.00 bits per heavy atom. The van der Waals surface area contributed by atoms with Crippen molar-refractivity contribution in [3.05, 3.63) is 18.2 Å². The lowest BCUT2D eigenvalue weighted by Crippen LogP contribution is -2.35. The largest absolute Gasteiger partial charge is 0.490 e. The van der Waals surface area contributed by atoms with Gasteiger partial charge in [0.25, 0.3) is 0 Å². The molecule has 0 radical (unpaired) electrons. The fourth-order valence-corrected chi connectivity index (χ4v) is 1.56. The summed E-state index contributed by atoms with van der Waals surface area (Å²) in [5.41, 5.74) is 0.480. The van der Waals surface area contributed by atoms with E-state index in [2.05, 4.69) is 10.6 Å². The van der Waals surface area contributed by atoms with Crippen LogP contribution in [0, 0.1) is 0 Å². The molecule has 0 saturated carbocycles. The Morgan fingerprint density at radius 3 is 2.25 bits per heavy atom. The molecule has 2 N–H and O–H groups in total. The van der Waals surface area contributed by atoms with Crippen molar-refractivity contribution < 1.29 is 19.1 Å². The van der Waals surface area contributed by atoms with Gasteiger partial charge in [-0.2, -0.15) is 0 Å². The molecule has 0 aliphatic rings. The van der Waals surface area contributed by atoms with Crippen LogP contribution in [0.25, 0.3) is 0 Å². The molecule has 0 aromatic heterocycles. The molecule has 0 spiro atoms. The molecule has 0 heterocycles. The van der Waals surface area contributed by atoms with Gasteiger partial charge in [0.2, 0.25) is 0 Å². The molecule has 0 saturated heterocycles. The molecule has 6 heteroatoms. The number of ether oxygens (including phenoxy) is 2. The van der Waals surface area contributed by atoms with Crippen LogP contribution in [0.1, 0.15) is 20.8 Å². The first-order chi connectivity index (χ1) is 9.62. The van der Waals surface area contributed by atoms with Gasteiger partial charge in [0, 0.05) is 18.3 Å². The molecule has 110 valence electrons. The van der Waals surface area contributed by atoms with E-state index in [9.17, 15) is 9.59 Å². The van der Waals surface area contributed by atoms with Crippen LogP contribution in [0.5, 0.6) is 11.5 Å². The predicted molar refractivity (Wildman–Crippen MR) is 76.1 cm³/mol. The van der Waals surface area contributed by atoms with Crippen molar-refractivity contribution in [3.8, 4) is 11.5 Å². The number of carbonyl (C=O) groups is 2. The molecule has 2 amide bonds. The smallest absolute Gasteiger partial charge is 0.313 e. The van der Waals surface area contributed by atoms with E-state index in [-0.39, 0.29) is 0 Å². The number of benzene rings is 1. The molecular weight excluding hydrogens is 260 g/mol. The van der Waals surface area contributed by atoms with Crippen molar-refractivity contribution in [2.75, 3.05) is 25.1 Å². The van der Waals surface area contributed by atoms with Gasteiger partial charge in [-0.05, 0) is 32.9 Å². The second kappa shape index (κ2) is 8.04. The molecule has 0 aliphatic heterocycles. The van der Waals surface area contributed by atoms with Gasteiger partial charge in [0.05, 0.1) is 13.2 Å². The number of hydrogen-bond acceptors (Lipinski definition) is 4. The van der Waals surface area contributed by atoms with Gasteiger partial charge in [0.15, 0.2) is 11.5 Å². The number of anilines is 1. The Morgan fingerprint density at radius 2 is 1.65 bits per heavy atom. The number of amides is 2. The molecule has 0 atom stereocenters. The molecule has 0 unspecified atom stereocenters. The zero-order chi connectivity index (χ0) is 15.0. The molecular formula is C14H20N2O4. The lowest BCUT2D eigenvalue weighted by atomic mass is 10.2. The number of nitrogens with one attached hydrogen (secondary N) is 2. The third-order valence-electron chi connectivity index (χ3n) is 2.34. The van der Waals surface area contributed by atoms with Gasteiger partial charge >= 0.3 is 11.8 Å². The fourth-order valence-electron chi connectivity index (χ4n) is 1.56. The van der Waals surface area contributed by atoms with Gasteiger partial charge in [-0.1, -0.05) is 0 Å². The van der Waals surface area contributed by atoms with Gasteiger partial charge in [-0.3, -0.25) is 9.59 Å². The molecule has 1 aromatic rings. The maximum atomic E-state index is 11.6. The maximum absolute atomic E-state index is 11.6. The third-order valence-corrected chi connectivity index (χ3v) is 2.34. The van der Waals surface area contributed by atoms with Gasteiger partial charge in [-0.25, -0.2) is 0 Å². The van der Waals surface area contributed by atoms with Crippen LogP contribution in [0.2, 0.25) is 0 Å². The highest BCUT2D eigenvalue weighted by Crippen LogP contribution is 2.30. The quantitative estimate of drug-likeness (QED) is 0.775. The first kappa shape index (κ1) is 15.8. The molecule has 20 heavy (non-hydrogen) atoms. The number of likely N-dealkylation sites (N-methyl/N-ethyl adjacent to an activating group) is 1. The van der Waals surface area contributed by atoms with Crippen molar-refractivity contribution in [3.63, 3.8) is 0 Å². The van der Waals surface area contributed by atoms with Crippen molar-refractivity contribution in [2.45, 2.75) is 20.8 Å². The normalized spacial score (nSPS) is 9.75. The van der Waals surface area contributed by atoms with E-state index in [1.807, 2.05) is 13.8 Å². The van der Waals surface area contributed by atoms with E-state index >= 15 is 0 Å². The highest BCUT2D eigenvalue weighted by molar-refractivity contribution is 6.39. The van der Waals surface area contributed by atoms with Crippen LogP contribution >= 0.6 is 0 Å². The summed E-state index contributed by atoms with van der Waals surface area (Å²) in [6, 6.07) is 4.98. The van der Waals surface area contributed by atoms with Crippen LogP contribution in [-0.2, 0) is 9.59 Å². The van der Waals surface area contributed by atoms with E-state index in [0.29, 0.717) is 36.9 Å². The van der Waals surface area contributed by atoms with Crippen LogP contribution in [-0.4, -0.2) is 31.6 Å². The van der Waals surface area contributed by atoms with Crippen molar-refractivity contribution >= 4 is 17.5 Å². The van der Waals surface area contributed by atoms with Gasteiger partial charge < -0.3 is 20.1 Å². The van der Waals surface area contributed by atoms with Crippen LogP contribution < -0.4 is 20.1 Å². The molecule has 6 nitrogen and oxygen atoms in total. The van der Waals surface area contributed by atoms with Crippen LogP contribution in [0.15, 0.2) is 18.2 Å². The molecule has 1 rings (SSSR count). The highest BCUT2D eigenvalue weighted by Gasteiger charge is 2.14. The van der Waals surface area contributed by atoms with E-state index in [0.717, 1.165) is 0 Å². The number of hydrogen-bond donors (Lipinski definition) is 2. The number of carbonyl (C=O) groups excluding carboxylic acids is 2. The minimum absolute atomic E-state index is 0.403. The molecule has 0 aliphatic carbocycles. The Balaban J connectivity index is 2.83. The molecule has 1 aromatic carbocycles. The molecule has 0 bridgehead atoms. The Bertz CT molecular complexity index is 474. The second-order valence-electron chi connectivity index (χ2n) is 3.84. The Hall–Kier alpha value is -2.24. The predicted octanol–water partition coefficient (Wildman–Crippen LogP) is 1.56. The van der Waals surface area contributed by atoms with Crippen molar-refractivity contribution in [1.29, 1.82) is 0 Å². The first-order valence-electron chi connectivity index (χ1n) is 6.61. The molecule has 0 fully saturated rings. The summed E-state index contributed by atoms with van der Waals surface area (Å²) < 4.78 is 10.9. The van der Waals surface area contributed by atoms with E-state index in [1.54, 1.807) is 25.1 Å². The minimum atomic E-state index is -0.710. The van der Waals surface area contributed by atoms with Gasteiger partial charge in [0.1, 0.15) is 0 Å². The summed E-state index contributed by atoms with van der Waals surface area (Å²) in [5.74, 6) is -0.244. The zero-order valence-corrected chi connectivity index (χ0v) is 12.0. The zero-order valence-electron chi connectivity index (χ0n) is 12.0. The third kappa shape index (κ3) is 4.46. The summed E-state index contributed by atoms with van der Waals surface area (Å²) in [6.07, 6.45) is 0. The monoisotopic (exact) mass is 280 g/mol. The summed E-state index contributed by atoms with van der Waals surface area (Å²) in [6.45, 7) is 6.88. The van der Waals surface area contributed by atoms with E-state index < -0.39 is 11.8 Å². The average molecular weight is 280 g/mol. The SMILES string of the molecule is CCNC(=O)C(=O)Nc1ccc(OCC)c(OCC)c1. The van der Waals surface area contributed by atoms with Crippen molar-refractivity contribution in [1.82, 2.24) is 5.32 Å². The van der Waals surface area contributed by atoms with E-state index in [4.69, 9.17) is 9.47 Å². The topological polar surface area (TPSA) is 76.7 Å². The van der Waals surface area contributed by atoms with Crippen LogP contribution in [0.4, 0.5) is 5.69 Å². The standard InChI is InChI=1S/C14H20N2O4/c1-4-15-13(17)14(18)16-10-7-8-11(19-5-2)12(9-10)20-6-3/h7-9H,4-6H2,1-3H3,(H,15,17)(H,16,18). The number of rotatable bonds is 6. The van der Waals surface area contributed by atoms with Crippen LogP contribution in [0.3, 0.4) is 0 Å². The summed E-state index contributed by atoms with van der Waals surface area (Å²) in [4.78, 5) is 22.9. The summed E-state index contributed by atoms with van der Waals surface area (Å²) in [5, 5.41) is 4.94. The van der Waals surface area contributed by atoms with E-state index in [1.165, 1.54) is 0 Å². The Kier molecular flexibility index (Phi) is 6.36. The Labute approximate surface area is 118 Å². The van der Waals surface area contributed by atoms with Gasteiger partial charge in [-0.15, -0.1) is 0 Å². The summed E-state index contributed by atoms with van der Waals surface area (Å²) in [7, 11) is 0. The highest BCUT2D eigenvalue weighted by atomic mass is 16.5. The minimum Gasteiger partial charge on any atom is -0.490 e. The second-order valence-corrected chi connectivity index (χ2v) is 3.84. The van der Waals surface area contributed by atoms with Crippen molar-refractivity contribution in [2.24, 2.45) is 0 Å². The maximum Gasteiger partial charge on any atom is 0.313 e. The lowest BCUT2D eigenvalue weighted by molar-refractivity contribution is -0.136. The lowest BCUT2D eigenvalue weighted by Gasteiger charge is -2.12. The average Bonchev–Trinajstić information content (AvgIpc) is 2.42. The first-order valence-corrected chi connectivity index (χ1v) is 6.61.